The summed E-state index contributed by atoms with van der Waals surface area (Å²) in [5, 5.41) is 4.73. The standard InChI is InChI=1S/C14H14Cl2N2/c1-10(12-3-2-4-17-9-12)18-8-11-5-13(15)7-14(16)6-11/h2-7,9-10,18H,8H2,1H3. The summed E-state index contributed by atoms with van der Waals surface area (Å²) >= 11 is 11.9. The van der Waals surface area contributed by atoms with Gasteiger partial charge in [-0.05, 0) is 42.3 Å². The van der Waals surface area contributed by atoms with Crippen molar-refractivity contribution in [3.8, 4) is 0 Å². The Morgan fingerprint density at radius 3 is 2.56 bits per heavy atom. The van der Waals surface area contributed by atoms with E-state index < -0.39 is 0 Å². The van der Waals surface area contributed by atoms with Gasteiger partial charge in [-0.3, -0.25) is 4.98 Å². The van der Waals surface area contributed by atoms with Gasteiger partial charge < -0.3 is 5.32 Å². The zero-order chi connectivity index (χ0) is 13.0. The third-order valence-electron chi connectivity index (χ3n) is 2.72. The van der Waals surface area contributed by atoms with Crippen LogP contribution < -0.4 is 5.32 Å². The Morgan fingerprint density at radius 1 is 1.22 bits per heavy atom. The Hall–Kier alpha value is -1.09. The summed E-state index contributed by atoms with van der Waals surface area (Å²) in [5.41, 5.74) is 2.23. The lowest BCUT2D eigenvalue weighted by atomic mass is 10.1. The monoisotopic (exact) mass is 280 g/mol. The minimum absolute atomic E-state index is 0.233. The molecule has 1 aromatic heterocycles. The lowest BCUT2D eigenvalue weighted by Crippen LogP contribution is -2.18. The average molecular weight is 281 g/mol. The average Bonchev–Trinajstić information content (AvgIpc) is 2.36. The van der Waals surface area contributed by atoms with Crippen LogP contribution in [0.15, 0.2) is 42.7 Å². The molecule has 4 heteroatoms. The van der Waals surface area contributed by atoms with Crippen molar-refractivity contribution in [3.63, 3.8) is 0 Å². The summed E-state index contributed by atoms with van der Waals surface area (Å²) in [6.07, 6.45) is 3.63. The lowest BCUT2D eigenvalue weighted by molar-refractivity contribution is 0.573. The van der Waals surface area contributed by atoms with E-state index in [4.69, 9.17) is 23.2 Å². The first-order valence-corrected chi connectivity index (χ1v) is 6.49. The van der Waals surface area contributed by atoms with Crippen LogP contribution in [-0.2, 0) is 6.54 Å². The van der Waals surface area contributed by atoms with Crippen molar-refractivity contribution in [3.05, 3.63) is 63.9 Å². The van der Waals surface area contributed by atoms with Gasteiger partial charge in [0.25, 0.3) is 0 Å². The van der Waals surface area contributed by atoms with Gasteiger partial charge in [0.05, 0.1) is 0 Å². The van der Waals surface area contributed by atoms with E-state index in [1.165, 1.54) is 0 Å². The molecular formula is C14H14Cl2N2. The minimum atomic E-state index is 0.233. The van der Waals surface area contributed by atoms with Gasteiger partial charge in [0.1, 0.15) is 0 Å². The second-order valence-electron chi connectivity index (χ2n) is 4.17. The molecule has 0 aliphatic carbocycles. The molecule has 2 nitrogen and oxygen atoms in total. The zero-order valence-electron chi connectivity index (χ0n) is 10.0. The van der Waals surface area contributed by atoms with Crippen LogP contribution >= 0.6 is 23.2 Å². The maximum Gasteiger partial charge on any atom is 0.0424 e. The number of halogens is 2. The molecule has 1 unspecified atom stereocenters. The zero-order valence-corrected chi connectivity index (χ0v) is 11.5. The molecule has 0 amide bonds. The van der Waals surface area contributed by atoms with Crippen molar-refractivity contribution in [2.75, 3.05) is 0 Å². The number of hydrogen-bond acceptors (Lipinski definition) is 2. The van der Waals surface area contributed by atoms with Crippen LogP contribution in [0.4, 0.5) is 0 Å². The molecule has 94 valence electrons. The second kappa shape index (κ2) is 6.19. The predicted molar refractivity (Wildman–Crippen MR) is 76.0 cm³/mol. The fraction of sp³-hybridized carbons (Fsp3) is 0.214. The molecule has 2 aromatic rings. The smallest absolute Gasteiger partial charge is 0.0424 e. The highest BCUT2D eigenvalue weighted by Gasteiger charge is 2.05. The molecule has 1 aromatic carbocycles. The maximum atomic E-state index is 5.96. The van der Waals surface area contributed by atoms with E-state index in [1.807, 2.05) is 24.4 Å². The van der Waals surface area contributed by atoms with Gasteiger partial charge in [0.15, 0.2) is 0 Å². The molecule has 0 aliphatic rings. The summed E-state index contributed by atoms with van der Waals surface area (Å²) in [5.74, 6) is 0. The van der Waals surface area contributed by atoms with Crippen LogP contribution in [0, 0.1) is 0 Å². The highest BCUT2D eigenvalue weighted by molar-refractivity contribution is 6.34. The van der Waals surface area contributed by atoms with Crippen molar-refractivity contribution in [1.82, 2.24) is 10.3 Å². The van der Waals surface area contributed by atoms with Gasteiger partial charge in [0, 0.05) is 35.0 Å². The topological polar surface area (TPSA) is 24.9 Å². The Morgan fingerprint density at radius 2 is 1.94 bits per heavy atom. The van der Waals surface area contributed by atoms with Crippen LogP contribution in [0.1, 0.15) is 24.1 Å². The van der Waals surface area contributed by atoms with Gasteiger partial charge in [-0.1, -0.05) is 29.3 Å². The van der Waals surface area contributed by atoms with E-state index in [1.54, 1.807) is 12.3 Å². The summed E-state index contributed by atoms with van der Waals surface area (Å²) in [4.78, 5) is 4.11. The molecule has 0 radical (unpaired) electrons. The molecule has 1 N–H and O–H groups in total. The van der Waals surface area contributed by atoms with E-state index in [0.717, 1.165) is 17.7 Å². The number of nitrogens with one attached hydrogen (secondary N) is 1. The number of nitrogens with zero attached hydrogens (tertiary/aromatic N) is 1. The normalized spacial score (nSPS) is 12.4. The Labute approximate surface area is 117 Å². The van der Waals surface area contributed by atoms with E-state index in [-0.39, 0.29) is 6.04 Å². The first-order valence-electron chi connectivity index (χ1n) is 5.73. The fourth-order valence-corrected chi connectivity index (χ4v) is 2.31. The van der Waals surface area contributed by atoms with Crippen LogP contribution in [0.3, 0.4) is 0 Å². The minimum Gasteiger partial charge on any atom is -0.306 e. The lowest BCUT2D eigenvalue weighted by Gasteiger charge is -2.14. The Balaban J connectivity index is 1.99. The number of pyridine rings is 1. The van der Waals surface area contributed by atoms with Crippen LogP contribution in [0.2, 0.25) is 10.0 Å². The highest BCUT2D eigenvalue weighted by Crippen LogP contribution is 2.19. The van der Waals surface area contributed by atoms with Crippen molar-refractivity contribution < 1.29 is 0 Å². The van der Waals surface area contributed by atoms with Gasteiger partial charge in [-0.15, -0.1) is 0 Å². The Kier molecular flexibility index (Phi) is 4.59. The van der Waals surface area contributed by atoms with Gasteiger partial charge in [-0.2, -0.15) is 0 Å². The van der Waals surface area contributed by atoms with Crippen molar-refractivity contribution in [1.29, 1.82) is 0 Å². The van der Waals surface area contributed by atoms with Crippen LogP contribution in [-0.4, -0.2) is 4.98 Å². The number of benzene rings is 1. The molecule has 0 aliphatic heterocycles. The quantitative estimate of drug-likeness (QED) is 0.906. The summed E-state index contributed by atoms with van der Waals surface area (Å²) in [6, 6.07) is 9.78. The van der Waals surface area contributed by atoms with Gasteiger partial charge in [-0.25, -0.2) is 0 Å². The number of aromatic nitrogens is 1. The molecule has 0 bridgehead atoms. The van der Waals surface area contributed by atoms with Gasteiger partial charge >= 0.3 is 0 Å². The van der Waals surface area contributed by atoms with E-state index in [2.05, 4.69) is 23.3 Å². The van der Waals surface area contributed by atoms with Crippen LogP contribution in [0.25, 0.3) is 0 Å². The molecule has 0 spiro atoms. The third kappa shape index (κ3) is 3.70. The predicted octanol–water partition coefficient (Wildman–Crippen LogP) is 4.24. The van der Waals surface area contributed by atoms with Crippen LogP contribution in [0.5, 0.6) is 0 Å². The maximum absolute atomic E-state index is 5.96. The SMILES string of the molecule is CC(NCc1cc(Cl)cc(Cl)c1)c1cccnc1. The molecule has 0 saturated carbocycles. The number of rotatable bonds is 4. The van der Waals surface area contributed by atoms with E-state index in [9.17, 15) is 0 Å². The highest BCUT2D eigenvalue weighted by atomic mass is 35.5. The Bertz CT molecular complexity index is 494. The first kappa shape index (κ1) is 13.3. The molecule has 1 heterocycles. The molecule has 0 saturated heterocycles. The fourth-order valence-electron chi connectivity index (χ4n) is 1.73. The van der Waals surface area contributed by atoms with E-state index >= 15 is 0 Å². The second-order valence-corrected chi connectivity index (χ2v) is 5.04. The van der Waals surface area contributed by atoms with Crippen molar-refractivity contribution >= 4 is 23.2 Å². The van der Waals surface area contributed by atoms with E-state index in [0.29, 0.717) is 10.0 Å². The molecule has 18 heavy (non-hydrogen) atoms. The largest absolute Gasteiger partial charge is 0.306 e. The number of hydrogen-bond donors (Lipinski definition) is 1. The first-order chi connectivity index (χ1) is 8.65. The molecule has 1 atom stereocenters. The molecule has 2 rings (SSSR count). The summed E-state index contributed by atoms with van der Waals surface area (Å²) in [6.45, 7) is 2.82. The summed E-state index contributed by atoms with van der Waals surface area (Å²) < 4.78 is 0. The third-order valence-corrected chi connectivity index (χ3v) is 3.16. The van der Waals surface area contributed by atoms with Gasteiger partial charge in [0.2, 0.25) is 0 Å². The molecular weight excluding hydrogens is 267 g/mol. The molecule has 0 fully saturated rings. The summed E-state index contributed by atoms with van der Waals surface area (Å²) in [7, 11) is 0. The van der Waals surface area contributed by atoms with Crippen molar-refractivity contribution in [2.45, 2.75) is 19.5 Å². The van der Waals surface area contributed by atoms with Crippen molar-refractivity contribution in [2.24, 2.45) is 0 Å².